The van der Waals surface area contributed by atoms with Gasteiger partial charge in [0.2, 0.25) is 0 Å². The number of fused-ring (bicyclic) bond motifs is 3. The Bertz CT molecular complexity index is 863. The molecule has 1 saturated heterocycles. The van der Waals surface area contributed by atoms with E-state index in [2.05, 4.69) is 42.8 Å². The summed E-state index contributed by atoms with van der Waals surface area (Å²) in [6, 6.07) is 8.43. The third-order valence-corrected chi connectivity index (χ3v) is 6.36. The van der Waals surface area contributed by atoms with Gasteiger partial charge in [0.25, 0.3) is 0 Å². The van der Waals surface area contributed by atoms with Crippen LogP contribution in [0, 0.1) is 11.3 Å². The number of hydrogen-bond acceptors (Lipinski definition) is 5. The molecule has 1 aromatic heterocycles. The van der Waals surface area contributed by atoms with Crippen molar-refractivity contribution >= 4 is 0 Å². The molecule has 1 aromatic carbocycles. The Hall–Kier alpha value is -2.11. The first-order valence-corrected chi connectivity index (χ1v) is 11.0. The number of nitrogens with zero attached hydrogens (tertiary/aromatic N) is 2. The molecule has 2 aliphatic heterocycles. The second-order valence-corrected chi connectivity index (χ2v) is 9.94. The molecule has 2 aromatic rings. The Morgan fingerprint density at radius 2 is 2.07 bits per heavy atom. The Kier molecular flexibility index (Phi) is 6.03. The third-order valence-electron chi connectivity index (χ3n) is 6.36. The molecule has 0 bridgehead atoms. The molecule has 3 atom stereocenters. The lowest BCUT2D eigenvalue weighted by atomic mass is 9.75. The lowest BCUT2D eigenvalue weighted by Gasteiger charge is -2.47. The topological polar surface area (TPSA) is 54.8 Å². The zero-order valence-corrected chi connectivity index (χ0v) is 18.6. The van der Waals surface area contributed by atoms with Gasteiger partial charge in [0.1, 0.15) is 6.61 Å². The summed E-state index contributed by atoms with van der Waals surface area (Å²) in [6.07, 6.45) is 6.15. The van der Waals surface area contributed by atoms with Gasteiger partial charge < -0.3 is 14.6 Å². The molecule has 4 rings (SSSR count). The van der Waals surface area contributed by atoms with Crippen LogP contribution >= 0.6 is 0 Å². The molecule has 0 spiro atoms. The molecule has 3 heterocycles. The van der Waals surface area contributed by atoms with Gasteiger partial charge >= 0.3 is 0 Å². The molecule has 0 aliphatic carbocycles. The highest BCUT2D eigenvalue weighted by molar-refractivity contribution is 5.49. The number of ether oxygens (including phenoxy) is 2. The average molecular weight is 411 g/mol. The van der Waals surface area contributed by atoms with E-state index in [0.717, 1.165) is 49.4 Å². The van der Waals surface area contributed by atoms with E-state index < -0.39 is 0 Å². The van der Waals surface area contributed by atoms with Crippen LogP contribution < -0.4 is 9.47 Å². The Morgan fingerprint density at radius 3 is 2.77 bits per heavy atom. The molecule has 5 nitrogen and oxygen atoms in total. The fourth-order valence-corrected chi connectivity index (χ4v) is 5.00. The van der Waals surface area contributed by atoms with E-state index in [1.54, 1.807) is 13.3 Å². The number of aliphatic hydroxyl groups excluding tert-OH is 1. The van der Waals surface area contributed by atoms with E-state index >= 15 is 0 Å². The molecule has 3 unspecified atom stereocenters. The first-order valence-electron chi connectivity index (χ1n) is 11.0. The van der Waals surface area contributed by atoms with Gasteiger partial charge in [0, 0.05) is 37.1 Å². The standard InChI is InChI=1S/C25H34N2O3/c1-25(2,3)13-19-15-27-9-7-18-10-24(30-16-17-6-5-8-26-14-17)23(29-4)11-20(18)21(27)12-22(19)28/h5-6,8,10-11,14,19,21-22,28H,7,9,12-13,15-16H2,1-4H3. The van der Waals surface area contributed by atoms with Crippen molar-refractivity contribution in [3.8, 4) is 11.5 Å². The van der Waals surface area contributed by atoms with E-state index in [4.69, 9.17) is 9.47 Å². The number of benzene rings is 1. The fraction of sp³-hybridized carbons (Fsp3) is 0.560. The largest absolute Gasteiger partial charge is 0.493 e. The fourth-order valence-electron chi connectivity index (χ4n) is 5.00. The SMILES string of the molecule is COc1cc2c(cc1OCc1cccnc1)CCN1CC(CC(C)(C)C)C(O)CC21. The molecule has 5 heteroatoms. The number of aromatic nitrogens is 1. The molecule has 1 fully saturated rings. The number of pyridine rings is 1. The number of hydrogen-bond donors (Lipinski definition) is 1. The van der Waals surface area contributed by atoms with Gasteiger partial charge in [0.15, 0.2) is 11.5 Å². The maximum Gasteiger partial charge on any atom is 0.161 e. The molecule has 0 radical (unpaired) electrons. The van der Waals surface area contributed by atoms with Gasteiger partial charge in [-0.2, -0.15) is 0 Å². The van der Waals surface area contributed by atoms with Crippen LogP contribution in [0.3, 0.4) is 0 Å². The van der Waals surface area contributed by atoms with Crippen molar-refractivity contribution in [1.29, 1.82) is 0 Å². The second kappa shape index (κ2) is 8.56. The molecule has 162 valence electrons. The summed E-state index contributed by atoms with van der Waals surface area (Å²) >= 11 is 0. The Balaban J connectivity index is 1.53. The van der Waals surface area contributed by atoms with Gasteiger partial charge in [-0.1, -0.05) is 26.8 Å². The second-order valence-electron chi connectivity index (χ2n) is 9.94. The predicted molar refractivity (Wildman–Crippen MR) is 118 cm³/mol. The van der Waals surface area contributed by atoms with Crippen molar-refractivity contribution in [2.45, 2.75) is 58.8 Å². The number of piperidine rings is 1. The third kappa shape index (κ3) is 4.62. The van der Waals surface area contributed by atoms with Crippen LogP contribution in [0.4, 0.5) is 0 Å². The Labute approximate surface area is 180 Å². The van der Waals surface area contributed by atoms with Crippen LogP contribution in [0.2, 0.25) is 0 Å². The molecular formula is C25H34N2O3. The normalized spacial score (nSPS) is 24.1. The summed E-state index contributed by atoms with van der Waals surface area (Å²) in [5.74, 6) is 1.87. The van der Waals surface area contributed by atoms with E-state index in [9.17, 15) is 5.11 Å². The number of methoxy groups -OCH3 is 1. The summed E-state index contributed by atoms with van der Waals surface area (Å²) < 4.78 is 11.8. The van der Waals surface area contributed by atoms with Crippen LogP contribution in [-0.2, 0) is 13.0 Å². The molecule has 2 aliphatic rings. The highest BCUT2D eigenvalue weighted by Crippen LogP contribution is 2.44. The predicted octanol–water partition coefficient (Wildman–Crippen LogP) is 4.39. The van der Waals surface area contributed by atoms with Gasteiger partial charge in [0.05, 0.1) is 13.2 Å². The van der Waals surface area contributed by atoms with E-state index in [1.807, 2.05) is 18.3 Å². The minimum absolute atomic E-state index is 0.232. The van der Waals surface area contributed by atoms with E-state index in [-0.39, 0.29) is 17.6 Å². The van der Waals surface area contributed by atoms with Crippen LogP contribution in [0.5, 0.6) is 11.5 Å². The van der Waals surface area contributed by atoms with Crippen molar-refractivity contribution in [3.63, 3.8) is 0 Å². The molecule has 0 amide bonds. The average Bonchev–Trinajstić information content (AvgIpc) is 2.72. The van der Waals surface area contributed by atoms with Crippen LogP contribution in [0.25, 0.3) is 0 Å². The summed E-state index contributed by atoms with van der Waals surface area (Å²) in [5.41, 5.74) is 3.85. The lowest BCUT2D eigenvalue weighted by molar-refractivity contribution is -0.0259. The first-order chi connectivity index (χ1) is 14.3. The molecular weight excluding hydrogens is 376 g/mol. The quantitative estimate of drug-likeness (QED) is 0.792. The van der Waals surface area contributed by atoms with Crippen molar-refractivity contribution in [2.75, 3.05) is 20.2 Å². The van der Waals surface area contributed by atoms with Gasteiger partial charge in [-0.25, -0.2) is 0 Å². The summed E-state index contributed by atoms with van der Waals surface area (Å²) in [7, 11) is 1.69. The first kappa shape index (κ1) is 21.1. The van der Waals surface area contributed by atoms with Crippen molar-refractivity contribution in [3.05, 3.63) is 53.3 Å². The summed E-state index contributed by atoms with van der Waals surface area (Å²) in [5, 5.41) is 10.9. The molecule has 0 saturated carbocycles. The van der Waals surface area contributed by atoms with Gasteiger partial charge in [-0.3, -0.25) is 9.88 Å². The highest BCUT2D eigenvalue weighted by Gasteiger charge is 2.39. The smallest absolute Gasteiger partial charge is 0.161 e. The van der Waals surface area contributed by atoms with Crippen LogP contribution in [0.1, 0.15) is 56.3 Å². The van der Waals surface area contributed by atoms with E-state index in [0.29, 0.717) is 12.5 Å². The summed E-state index contributed by atoms with van der Waals surface area (Å²) in [6.45, 7) is 9.23. The zero-order chi connectivity index (χ0) is 21.3. The van der Waals surface area contributed by atoms with Crippen molar-refractivity contribution in [1.82, 2.24) is 9.88 Å². The Morgan fingerprint density at radius 1 is 1.23 bits per heavy atom. The van der Waals surface area contributed by atoms with Crippen LogP contribution in [-0.4, -0.2) is 41.3 Å². The summed E-state index contributed by atoms with van der Waals surface area (Å²) in [4.78, 5) is 6.71. The molecule has 30 heavy (non-hydrogen) atoms. The van der Waals surface area contributed by atoms with Crippen molar-refractivity contribution < 1.29 is 14.6 Å². The maximum absolute atomic E-state index is 10.9. The maximum atomic E-state index is 10.9. The highest BCUT2D eigenvalue weighted by atomic mass is 16.5. The minimum atomic E-state index is -0.260. The minimum Gasteiger partial charge on any atom is -0.493 e. The molecule has 1 N–H and O–H groups in total. The van der Waals surface area contributed by atoms with Crippen molar-refractivity contribution in [2.24, 2.45) is 11.3 Å². The zero-order valence-electron chi connectivity index (χ0n) is 18.6. The number of aliphatic hydroxyl groups is 1. The van der Waals surface area contributed by atoms with E-state index in [1.165, 1.54) is 11.1 Å². The lowest BCUT2D eigenvalue weighted by Crippen LogP contribution is -2.48. The van der Waals surface area contributed by atoms with Crippen LogP contribution in [0.15, 0.2) is 36.7 Å². The van der Waals surface area contributed by atoms with Gasteiger partial charge in [-0.05, 0) is 59.9 Å². The van der Waals surface area contributed by atoms with Gasteiger partial charge in [-0.15, -0.1) is 0 Å². The monoisotopic (exact) mass is 410 g/mol. The number of rotatable bonds is 5.